The third kappa shape index (κ3) is 3.82. The SMILES string of the molecule is O=C1CCCCN1c1ccc(S(=O)(=O)NCCc2cocn2)cc1. The van der Waals surface area contributed by atoms with Crippen molar-refractivity contribution in [2.24, 2.45) is 0 Å². The highest BCUT2D eigenvalue weighted by molar-refractivity contribution is 7.89. The number of oxazole rings is 1. The molecular formula is C16H19N3O4S. The van der Waals surface area contributed by atoms with Gasteiger partial charge in [0.1, 0.15) is 6.26 Å². The van der Waals surface area contributed by atoms with E-state index < -0.39 is 10.0 Å². The van der Waals surface area contributed by atoms with Crippen LogP contribution in [0.4, 0.5) is 5.69 Å². The summed E-state index contributed by atoms with van der Waals surface area (Å²) in [5.74, 6) is 0.0857. The van der Waals surface area contributed by atoms with Gasteiger partial charge in [-0.25, -0.2) is 18.1 Å². The van der Waals surface area contributed by atoms with Crippen molar-refractivity contribution in [2.75, 3.05) is 18.0 Å². The number of anilines is 1. The summed E-state index contributed by atoms with van der Waals surface area (Å²) in [6.45, 7) is 0.919. The van der Waals surface area contributed by atoms with E-state index in [1.54, 1.807) is 17.0 Å². The van der Waals surface area contributed by atoms with Gasteiger partial charge in [-0.15, -0.1) is 0 Å². The van der Waals surface area contributed by atoms with Crippen molar-refractivity contribution in [2.45, 2.75) is 30.6 Å². The van der Waals surface area contributed by atoms with E-state index in [1.165, 1.54) is 24.8 Å². The van der Waals surface area contributed by atoms with Gasteiger partial charge in [0.2, 0.25) is 15.9 Å². The predicted molar refractivity (Wildman–Crippen MR) is 88.0 cm³/mol. The van der Waals surface area contributed by atoms with Crippen LogP contribution in [-0.4, -0.2) is 32.4 Å². The number of nitrogens with one attached hydrogen (secondary N) is 1. The number of carbonyl (C=O) groups excluding carboxylic acids is 1. The van der Waals surface area contributed by atoms with Gasteiger partial charge in [-0.3, -0.25) is 4.79 Å². The molecule has 1 amide bonds. The number of hydrogen-bond acceptors (Lipinski definition) is 5. The monoisotopic (exact) mass is 349 g/mol. The van der Waals surface area contributed by atoms with E-state index in [1.807, 2.05) is 0 Å². The summed E-state index contributed by atoms with van der Waals surface area (Å²) >= 11 is 0. The van der Waals surface area contributed by atoms with Crippen molar-refractivity contribution < 1.29 is 17.6 Å². The van der Waals surface area contributed by atoms with Crippen LogP contribution in [0.15, 0.2) is 46.2 Å². The summed E-state index contributed by atoms with van der Waals surface area (Å²) in [6, 6.07) is 6.40. The maximum Gasteiger partial charge on any atom is 0.240 e. The molecule has 1 saturated heterocycles. The minimum atomic E-state index is -3.59. The van der Waals surface area contributed by atoms with Gasteiger partial charge in [0.25, 0.3) is 0 Å². The lowest BCUT2D eigenvalue weighted by molar-refractivity contribution is -0.119. The minimum absolute atomic E-state index is 0.0857. The second-order valence-electron chi connectivity index (χ2n) is 5.62. The fourth-order valence-electron chi connectivity index (χ4n) is 2.64. The zero-order chi connectivity index (χ0) is 17.0. The van der Waals surface area contributed by atoms with Crippen molar-refractivity contribution in [1.82, 2.24) is 9.71 Å². The smallest absolute Gasteiger partial charge is 0.240 e. The molecule has 7 nitrogen and oxygen atoms in total. The number of piperidine rings is 1. The largest absolute Gasteiger partial charge is 0.451 e. The Balaban J connectivity index is 1.64. The molecule has 0 saturated carbocycles. The Kier molecular flexibility index (Phi) is 4.96. The second kappa shape index (κ2) is 7.14. The molecule has 1 aromatic heterocycles. The third-order valence-electron chi connectivity index (χ3n) is 3.94. The summed E-state index contributed by atoms with van der Waals surface area (Å²) < 4.78 is 31.9. The fourth-order valence-corrected chi connectivity index (χ4v) is 3.67. The highest BCUT2D eigenvalue weighted by Crippen LogP contribution is 2.22. The van der Waals surface area contributed by atoms with Crippen LogP contribution in [0.3, 0.4) is 0 Å². The van der Waals surface area contributed by atoms with Crippen LogP contribution in [0.25, 0.3) is 0 Å². The molecule has 1 aromatic carbocycles. The quantitative estimate of drug-likeness (QED) is 0.857. The van der Waals surface area contributed by atoms with Crippen LogP contribution < -0.4 is 9.62 Å². The first-order valence-corrected chi connectivity index (χ1v) is 9.32. The van der Waals surface area contributed by atoms with Gasteiger partial charge >= 0.3 is 0 Å². The van der Waals surface area contributed by atoms with E-state index in [-0.39, 0.29) is 17.3 Å². The first-order chi connectivity index (χ1) is 11.6. The molecule has 8 heteroatoms. The second-order valence-corrected chi connectivity index (χ2v) is 7.39. The molecule has 0 radical (unpaired) electrons. The standard InChI is InChI=1S/C16H19N3O4S/c20-16-3-1-2-10-19(16)14-4-6-15(7-5-14)24(21,22)18-9-8-13-11-23-12-17-13/h4-7,11-12,18H,1-3,8-10H2. The molecule has 1 aliphatic heterocycles. The van der Waals surface area contributed by atoms with Gasteiger partial charge in [-0.1, -0.05) is 0 Å². The molecule has 0 aliphatic carbocycles. The van der Waals surface area contributed by atoms with Crippen molar-refractivity contribution in [3.63, 3.8) is 0 Å². The van der Waals surface area contributed by atoms with Gasteiger partial charge in [0.05, 0.1) is 10.6 Å². The number of benzene rings is 1. The molecule has 0 bridgehead atoms. The fraction of sp³-hybridized carbons (Fsp3) is 0.375. The molecule has 2 heterocycles. The van der Waals surface area contributed by atoms with Gasteiger partial charge in [-0.2, -0.15) is 0 Å². The summed E-state index contributed by atoms with van der Waals surface area (Å²) in [4.78, 5) is 17.7. The maximum absolute atomic E-state index is 12.3. The van der Waals surface area contributed by atoms with E-state index in [0.29, 0.717) is 25.1 Å². The Morgan fingerprint density at radius 2 is 2.00 bits per heavy atom. The Morgan fingerprint density at radius 3 is 2.67 bits per heavy atom. The van der Waals surface area contributed by atoms with Gasteiger partial charge in [0.15, 0.2) is 6.39 Å². The van der Waals surface area contributed by atoms with Gasteiger partial charge < -0.3 is 9.32 Å². The lowest BCUT2D eigenvalue weighted by Gasteiger charge is -2.26. The van der Waals surface area contributed by atoms with Crippen molar-refractivity contribution in [3.05, 3.63) is 42.6 Å². The lowest BCUT2D eigenvalue weighted by atomic mass is 10.1. The Hall–Kier alpha value is -2.19. The Morgan fingerprint density at radius 1 is 1.21 bits per heavy atom. The molecule has 0 unspecified atom stereocenters. The van der Waals surface area contributed by atoms with Crippen molar-refractivity contribution in [3.8, 4) is 0 Å². The van der Waals surface area contributed by atoms with Crippen molar-refractivity contribution in [1.29, 1.82) is 0 Å². The molecule has 1 N–H and O–H groups in total. The topological polar surface area (TPSA) is 92.5 Å². The summed E-state index contributed by atoms with van der Waals surface area (Å²) in [6.07, 6.45) is 5.68. The summed E-state index contributed by atoms with van der Waals surface area (Å²) in [7, 11) is -3.59. The van der Waals surface area contributed by atoms with Crippen LogP contribution in [0.2, 0.25) is 0 Å². The highest BCUT2D eigenvalue weighted by Gasteiger charge is 2.20. The van der Waals surface area contributed by atoms with Crippen LogP contribution in [-0.2, 0) is 21.2 Å². The molecular weight excluding hydrogens is 330 g/mol. The van der Waals surface area contributed by atoms with E-state index >= 15 is 0 Å². The molecule has 3 rings (SSSR count). The number of sulfonamides is 1. The van der Waals surface area contributed by atoms with E-state index in [2.05, 4.69) is 9.71 Å². The molecule has 2 aromatic rings. The number of aromatic nitrogens is 1. The molecule has 1 fully saturated rings. The third-order valence-corrected chi connectivity index (χ3v) is 5.42. The average molecular weight is 349 g/mol. The normalized spacial score (nSPS) is 15.7. The summed E-state index contributed by atoms with van der Waals surface area (Å²) in [5.41, 5.74) is 1.43. The molecule has 0 atom stereocenters. The van der Waals surface area contributed by atoms with Gasteiger partial charge in [-0.05, 0) is 37.1 Å². The highest BCUT2D eigenvalue weighted by atomic mass is 32.2. The molecule has 128 valence electrons. The Bertz CT molecular complexity index is 785. The summed E-state index contributed by atoms with van der Waals surface area (Å²) in [5, 5.41) is 0. The van der Waals surface area contributed by atoms with Crippen LogP contribution in [0.1, 0.15) is 25.0 Å². The first kappa shape index (κ1) is 16.7. The lowest BCUT2D eigenvalue weighted by Crippen LogP contribution is -2.35. The maximum atomic E-state index is 12.3. The minimum Gasteiger partial charge on any atom is -0.451 e. The van der Waals surface area contributed by atoms with Crippen LogP contribution in [0.5, 0.6) is 0 Å². The number of nitrogens with zero attached hydrogens (tertiary/aromatic N) is 2. The van der Waals surface area contributed by atoms with Gasteiger partial charge in [0, 0.05) is 31.6 Å². The zero-order valence-electron chi connectivity index (χ0n) is 13.1. The van der Waals surface area contributed by atoms with E-state index in [9.17, 15) is 13.2 Å². The number of hydrogen-bond donors (Lipinski definition) is 1. The van der Waals surface area contributed by atoms with Crippen LogP contribution in [0, 0.1) is 0 Å². The number of amides is 1. The zero-order valence-corrected chi connectivity index (χ0v) is 14.0. The Labute approximate surface area is 140 Å². The first-order valence-electron chi connectivity index (χ1n) is 7.83. The number of rotatable bonds is 6. The van der Waals surface area contributed by atoms with E-state index in [4.69, 9.17) is 4.42 Å². The van der Waals surface area contributed by atoms with Crippen molar-refractivity contribution >= 4 is 21.6 Å². The molecule has 1 aliphatic rings. The predicted octanol–water partition coefficient (Wildman–Crippen LogP) is 1.71. The average Bonchev–Trinajstić information content (AvgIpc) is 3.09. The van der Waals surface area contributed by atoms with E-state index in [0.717, 1.165) is 18.5 Å². The number of carbonyl (C=O) groups is 1. The molecule has 0 spiro atoms. The molecule has 24 heavy (non-hydrogen) atoms. The van der Waals surface area contributed by atoms with Crippen LogP contribution >= 0.6 is 0 Å².